The van der Waals surface area contributed by atoms with Gasteiger partial charge < -0.3 is 19.3 Å². The Bertz CT molecular complexity index is 1380. The van der Waals surface area contributed by atoms with Gasteiger partial charge in [0.05, 0.1) is 6.54 Å². The molecule has 4 amide bonds. The fraction of sp³-hybridized carbons (Fsp3) is 0.515. The van der Waals surface area contributed by atoms with Gasteiger partial charge in [-0.25, -0.2) is 0 Å². The standard InChI is InChI=1S/C33H40N4O6/c38-30-14-13-28(32(40)34-30)37-21-24-19-26(11-12-27(24)33(37)41)43-22-25-8-3-5-16-36(25)20-23-7-1-2-9-29(23)42-18-17-35-15-6-4-10-31(35)39/h1-2,7,9,11-12,19,25,28H,3-6,8,10,13-18,20-22H2,(H,34,38,40)/t25-,28?/m0/s1. The minimum absolute atomic E-state index is 0.182. The summed E-state index contributed by atoms with van der Waals surface area (Å²) >= 11 is 0. The van der Waals surface area contributed by atoms with Gasteiger partial charge in [0, 0.05) is 49.6 Å². The molecule has 4 aliphatic heterocycles. The summed E-state index contributed by atoms with van der Waals surface area (Å²) in [6.07, 6.45) is 6.57. The van der Waals surface area contributed by atoms with Gasteiger partial charge in [0.2, 0.25) is 17.7 Å². The number of imide groups is 1. The maximum atomic E-state index is 13.0. The van der Waals surface area contributed by atoms with E-state index in [1.165, 1.54) is 0 Å². The second-order valence-electron chi connectivity index (χ2n) is 11.9. The highest BCUT2D eigenvalue weighted by molar-refractivity contribution is 6.05. The van der Waals surface area contributed by atoms with Crippen molar-refractivity contribution in [1.82, 2.24) is 20.0 Å². The highest BCUT2D eigenvalue weighted by atomic mass is 16.5. The van der Waals surface area contributed by atoms with Crippen LogP contribution in [0.2, 0.25) is 0 Å². The van der Waals surface area contributed by atoms with Crippen molar-refractivity contribution in [3.63, 3.8) is 0 Å². The number of benzene rings is 2. The number of piperidine rings is 3. The Balaban J connectivity index is 1.05. The first-order valence-corrected chi connectivity index (χ1v) is 15.6. The van der Waals surface area contributed by atoms with Crippen LogP contribution in [0.3, 0.4) is 0 Å². The van der Waals surface area contributed by atoms with Gasteiger partial charge >= 0.3 is 0 Å². The minimum atomic E-state index is -0.628. The molecule has 1 unspecified atom stereocenters. The molecule has 2 atom stereocenters. The number of amides is 4. The van der Waals surface area contributed by atoms with Crippen LogP contribution in [-0.4, -0.2) is 83.3 Å². The quantitative estimate of drug-likeness (QED) is 0.425. The Labute approximate surface area is 252 Å². The summed E-state index contributed by atoms with van der Waals surface area (Å²) in [5, 5.41) is 2.35. The second-order valence-corrected chi connectivity index (χ2v) is 11.9. The van der Waals surface area contributed by atoms with Crippen LogP contribution in [-0.2, 0) is 27.5 Å². The van der Waals surface area contributed by atoms with E-state index in [1.807, 2.05) is 35.2 Å². The van der Waals surface area contributed by atoms with Crippen LogP contribution in [0.15, 0.2) is 42.5 Å². The third-order valence-corrected chi connectivity index (χ3v) is 9.07. The lowest BCUT2D eigenvalue weighted by Gasteiger charge is -2.36. The second kappa shape index (κ2) is 13.2. The number of nitrogens with one attached hydrogen (secondary N) is 1. The van der Waals surface area contributed by atoms with Crippen LogP contribution >= 0.6 is 0 Å². The summed E-state index contributed by atoms with van der Waals surface area (Å²) in [5.74, 6) is 0.910. The number of carbonyl (C=O) groups is 4. The topological polar surface area (TPSA) is 108 Å². The molecule has 2 aromatic carbocycles. The summed E-state index contributed by atoms with van der Waals surface area (Å²) < 4.78 is 12.5. The van der Waals surface area contributed by atoms with E-state index >= 15 is 0 Å². The lowest BCUT2D eigenvalue weighted by Crippen LogP contribution is -2.52. The normalized spacial score (nSPS) is 22.9. The molecule has 0 bridgehead atoms. The number of nitrogens with zero attached hydrogens (tertiary/aromatic N) is 3. The third kappa shape index (κ3) is 6.69. The first-order valence-electron chi connectivity index (χ1n) is 15.6. The van der Waals surface area contributed by atoms with E-state index in [0.29, 0.717) is 50.5 Å². The van der Waals surface area contributed by atoms with Crippen LogP contribution < -0.4 is 14.8 Å². The molecule has 2 aromatic rings. The summed E-state index contributed by atoms with van der Waals surface area (Å²) in [6, 6.07) is 13.3. The Kier molecular flexibility index (Phi) is 8.92. The number of fused-ring (bicyclic) bond motifs is 1. The van der Waals surface area contributed by atoms with Crippen LogP contribution in [0.25, 0.3) is 0 Å². The molecule has 1 N–H and O–H groups in total. The molecule has 0 aromatic heterocycles. The first kappa shape index (κ1) is 29.2. The van der Waals surface area contributed by atoms with E-state index in [9.17, 15) is 19.2 Å². The number of rotatable bonds is 10. The molecule has 4 aliphatic rings. The van der Waals surface area contributed by atoms with Gasteiger partial charge in [0.1, 0.15) is 30.8 Å². The van der Waals surface area contributed by atoms with E-state index in [4.69, 9.17) is 9.47 Å². The van der Waals surface area contributed by atoms with Crippen LogP contribution in [0, 0.1) is 0 Å². The Hall–Kier alpha value is -3.92. The number of likely N-dealkylation sites (tertiary alicyclic amines) is 2. The molecule has 3 fully saturated rings. The van der Waals surface area contributed by atoms with Gasteiger partial charge in [-0.2, -0.15) is 0 Å². The lowest BCUT2D eigenvalue weighted by atomic mass is 10.0. The average molecular weight is 589 g/mol. The summed E-state index contributed by atoms with van der Waals surface area (Å²) in [4.78, 5) is 55.0. The van der Waals surface area contributed by atoms with E-state index in [1.54, 1.807) is 11.0 Å². The van der Waals surface area contributed by atoms with Gasteiger partial charge in [-0.1, -0.05) is 24.6 Å². The molecule has 0 aliphatic carbocycles. The Morgan fingerprint density at radius 1 is 0.884 bits per heavy atom. The predicted molar refractivity (Wildman–Crippen MR) is 158 cm³/mol. The lowest BCUT2D eigenvalue weighted by molar-refractivity contribution is -0.137. The fourth-order valence-electron chi connectivity index (χ4n) is 6.65. The molecule has 10 heteroatoms. The highest BCUT2D eigenvalue weighted by Gasteiger charge is 2.39. The maximum absolute atomic E-state index is 13.0. The molecule has 6 rings (SSSR count). The Morgan fingerprint density at radius 3 is 2.60 bits per heavy atom. The van der Waals surface area contributed by atoms with Crippen molar-refractivity contribution in [2.45, 2.75) is 76.5 Å². The number of para-hydroxylation sites is 1. The van der Waals surface area contributed by atoms with Crippen molar-refractivity contribution in [1.29, 1.82) is 0 Å². The molecule has 10 nitrogen and oxygen atoms in total. The zero-order valence-electron chi connectivity index (χ0n) is 24.6. The van der Waals surface area contributed by atoms with Crippen molar-refractivity contribution < 1.29 is 28.7 Å². The van der Waals surface area contributed by atoms with Gasteiger partial charge in [-0.15, -0.1) is 0 Å². The maximum Gasteiger partial charge on any atom is 0.255 e. The highest BCUT2D eigenvalue weighted by Crippen LogP contribution is 2.31. The molecular formula is C33H40N4O6. The molecule has 228 valence electrons. The number of carbonyl (C=O) groups excluding carboxylic acids is 4. The number of ether oxygens (including phenoxy) is 2. The fourth-order valence-corrected chi connectivity index (χ4v) is 6.65. The zero-order valence-corrected chi connectivity index (χ0v) is 24.6. The molecule has 0 radical (unpaired) electrons. The molecule has 43 heavy (non-hydrogen) atoms. The van der Waals surface area contributed by atoms with Crippen molar-refractivity contribution in [2.24, 2.45) is 0 Å². The molecule has 0 spiro atoms. The zero-order chi connectivity index (χ0) is 29.8. The number of hydrogen-bond donors (Lipinski definition) is 1. The largest absolute Gasteiger partial charge is 0.492 e. The first-order chi connectivity index (χ1) is 21.0. The van der Waals surface area contributed by atoms with Crippen molar-refractivity contribution in [2.75, 3.05) is 32.8 Å². The third-order valence-electron chi connectivity index (χ3n) is 9.07. The van der Waals surface area contributed by atoms with Gasteiger partial charge in [-0.3, -0.25) is 29.4 Å². The van der Waals surface area contributed by atoms with E-state index in [0.717, 1.165) is 68.6 Å². The van der Waals surface area contributed by atoms with Crippen LogP contribution in [0.1, 0.15) is 72.9 Å². The van der Waals surface area contributed by atoms with Crippen molar-refractivity contribution in [3.05, 3.63) is 59.2 Å². The minimum Gasteiger partial charge on any atom is -0.492 e. The molecule has 0 saturated carbocycles. The predicted octanol–water partition coefficient (Wildman–Crippen LogP) is 3.27. The monoisotopic (exact) mass is 588 g/mol. The van der Waals surface area contributed by atoms with Crippen LogP contribution in [0.4, 0.5) is 0 Å². The summed E-state index contributed by atoms with van der Waals surface area (Å²) in [6.45, 7) is 4.51. The van der Waals surface area contributed by atoms with Gasteiger partial charge in [0.25, 0.3) is 5.91 Å². The summed E-state index contributed by atoms with van der Waals surface area (Å²) in [5.41, 5.74) is 2.55. The molecule has 4 heterocycles. The summed E-state index contributed by atoms with van der Waals surface area (Å²) in [7, 11) is 0. The smallest absolute Gasteiger partial charge is 0.255 e. The van der Waals surface area contributed by atoms with E-state index < -0.39 is 11.9 Å². The van der Waals surface area contributed by atoms with Gasteiger partial charge in [-0.05, 0) is 68.5 Å². The molecule has 3 saturated heterocycles. The Morgan fingerprint density at radius 2 is 1.74 bits per heavy atom. The van der Waals surface area contributed by atoms with Gasteiger partial charge in [0.15, 0.2) is 0 Å². The average Bonchev–Trinajstić information content (AvgIpc) is 3.33. The van der Waals surface area contributed by atoms with Crippen LogP contribution in [0.5, 0.6) is 11.5 Å². The molecular weight excluding hydrogens is 548 g/mol. The van der Waals surface area contributed by atoms with Crippen molar-refractivity contribution in [3.8, 4) is 11.5 Å². The number of hydrogen-bond acceptors (Lipinski definition) is 7. The SMILES string of the molecule is O=C1CCC(N2Cc3cc(OC[C@@H]4CCCCN4Cc4ccccc4OCCN4CCCCC4=O)ccc3C2=O)C(=O)N1. The van der Waals surface area contributed by atoms with E-state index in [-0.39, 0.29) is 30.2 Å². The van der Waals surface area contributed by atoms with Crippen molar-refractivity contribution >= 4 is 23.6 Å². The van der Waals surface area contributed by atoms with E-state index in [2.05, 4.69) is 16.3 Å².